The highest BCUT2D eigenvalue weighted by Gasteiger charge is 2.24. The zero-order chi connectivity index (χ0) is 13.8. The van der Waals surface area contributed by atoms with Gasteiger partial charge < -0.3 is 15.2 Å². The fourth-order valence-electron chi connectivity index (χ4n) is 1.54. The van der Waals surface area contributed by atoms with Crippen molar-refractivity contribution < 1.29 is 19.1 Å². The van der Waals surface area contributed by atoms with Crippen LogP contribution < -0.4 is 10.5 Å². The molecular formula is C14H17NO4. The van der Waals surface area contributed by atoms with E-state index in [-0.39, 0.29) is 0 Å². The molecule has 1 fully saturated rings. The summed E-state index contributed by atoms with van der Waals surface area (Å²) in [4.78, 5) is 22.8. The number of carbonyl (C=O) groups excluding carboxylic acids is 2. The molecule has 1 aromatic carbocycles. The molecule has 1 atom stereocenters. The summed E-state index contributed by atoms with van der Waals surface area (Å²) in [5, 5.41) is 0. The van der Waals surface area contributed by atoms with Crippen LogP contribution in [-0.4, -0.2) is 24.6 Å². The summed E-state index contributed by atoms with van der Waals surface area (Å²) in [5.41, 5.74) is 5.46. The molecule has 0 unspecified atom stereocenters. The summed E-state index contributed by atoms with van der Waals surface area (Å²) in [5.74, 6) is -0.144. The Morgan fingerprint density at radius 1 is 1.42 bits per heavy atom. The predicted octanol–water partition coefficient (Wildman–Crippen LogP) is 1.51. The van der Waals surface area contributed by atoms with Crippen molar-refractivity contribution in [3.05, 3.63) is 29.8 Å². The van der Waals surface area contributed by atoms with Crippen molar-refractivity contribution in [2.24, 2.45) is 11.7 Å². The van der Waals surface area contributed by atoms with Gasteiger partial charge in [-0.25, -0.2) is 4.79 Å². The molecule has 5 nitrogen and oxygen atoms in total. The molecule has 0 saturated heterocycles. The van der Waals surface area contributed by atoms with Crippen LogP contribution in [0.15, 0.2) is 24.3 Å². The molecule has 1 aliphatic rings. The van der Waals surface area contributed by atoms with Crippen LogP contribution in [0.25, 0.3) is 0 Å². The second-order valence-electron chi connectivity index (χ2n) is 4.73. The molecule has 0 heterocycles. The van der Waals surface area contributed by atoms with E-state index in [0.29, 0.717) is 23.8 Å². The summed E-state index contributed by atoms with van der Waals surface area (Å²) in [6.07, 6.45) is 1.73. The van der Waals surface area contributed by atoms with E-state index in [9.17, 15) is 9.59 Å². The first-order valence-corrected chi connectivity index (χ1v) is 6.29. The Kier molecular flexibility index (Phi) is 4.16. The van der Waals surface area contributed by atoms with E-state index in [1.165, 1.54) is 18.9 Å². The molecule has 1 saturated carbocycles. The third kappa shape index (κ3) is 4.06. The molecule has 0 aliphatic heterocycles. The average molecular weight is 263 g/mol. The third-order valence-electron chi connectivity index (χ3n) is 2.95. The molecule has 102 valence electrons. The minimum absolute atomic E-state index is 0.295. The lowest BCUT2D eigenvalue weighted by molar-refractivity contribution is -0.146. The van der Waals surface area contributed by atoms with Crippen LogP contribution >= 0.6 is 0 Å². The van der Waals surface area contributed by atoms with E-state index in [0.717, 1.165) is 0 Å². The Bertz CT molecular complexity index is 482. The normalized spacial score (nSPS) is 15.8. The minimum atomic E-state index is -0.613. The number of amides is 1. The Hall–Kier alpha value is -1.88. The lowest BCUT2D eigenvalue weighted by Gasteiger charge is -2.12. The summed E-state index contributed by atoms with van der Waals surface area (Å²) < 4.78 is 10.6. The van der Waals surface area contributed by atoms with E-state index < -0.39 is 18.0 Å². The van der Waals surface area contributed by atoms with Crippen molar-refractivity contribution in [3.8, 4) is 5.75 Å². The van der Waals surface area contributed by atoms with E-state index >= 15 is 0 Å². The van der Waals surface area contributed by atoms with Gasteiger partial charge in [0.25, 0.3) is 0 Å². The SMILES string of the molecule is C[C@H](OCC1CC1)C(=O)Oc1cccc(C(N)=O)c1. The molecule has 1 aromatic rings. The smallest absolute Gasteiger partial charge is 0.340 e. The number of nitrogens with two attached hydrogens (primary N) is 1. The number of esters is 1. The standard InChI is InChI=1S/C14H17NO4/c1-9(18-8-10-5-6-10)14(17)19-12-4-2-3-11(7-12)13(15)16/h2-4,7,9-10H,5-6,8H2,1H3,(H2,15,16)/t9-/m0/s1. The fraction of sp³-hybridized carbons (Fsp3) is 0.429. The van der Waals surface area contributed by atoms with Gasteiger partial charge in [0, 0.05) is 5.56 Å². The zero-order valence-corrected chi connectivity index (χ0v) is 10.8. The molecule has 19 heavy (non-hydrogen) atoms. The number of rotatable bonds is 6. The third-order valence-corrected chi connectivity index (χ3v) is 2.95. The molecule has 2 N–H and O–H groups in total. The van der Waals surface area contributed by atoms with Crippen molar-refractivity contribution in [1.82, 2.24) is 0 Å². The van der Waals surface area contributed by atoms with Gasteiger partial charge in [0.1, 0.15) is 5.75 Å². The Balaban J connectivity index is 1.89. The molecule has 0 radical (unpaired) electrons. The molecule has 5 heteroatoms. The van der Waals surface area contributed by atoms with Gasteiger partial charge in [-0.1, -0.05) is 6.07 Å². The van der Waals surface area contributed by atoms with Crippen LogP contribution in [-0.2, 0) is 9.53 Å². The molecule has 1 aliphatic carbocycles. The predicted molar refractivity (Wildman–Crippen MR) is 68.7 cm³/mol. The maximum atomic E-state index is 11.8. The molecule has 0 spiro atoms. The number of hydrogen-bond acceptors (Lipinski definition) is 4. The summed E-state index contributed by atoms with van der Waals surface area (Å²) in [7, 11) is 0. The Labute approximate surface area is 111 Å². The second-order valence-corrected chi connectivity index (χ2v) is 4.73. The van der Waals surface area contributed by atoms with Crippen molar-refractivity contribution in [1.29, 1.82) is 0 Å². The first-order valence-electron chi connectivity index (χ1n) is 6.29. The maximum Gasteiger partial charge on any atom is 0.340 e. The second kappa shape index (κ2) is 5.84. The number of carbonyl (C=O) groups is 2. The molecule has 2 rings (SSSR count). The Morgan fingerprint density at radius 2 is 2.16 bits per heavy atom. The number of hydrogen-bond donors (Lipinski definition) is 1. The summed E-state index contributed by atoms with van der Waals surface area (Å²) in [6, 6.07) is 6.21. The number of ether oxygens (including phenoxy) is 2. The van der Waals surface area contributed by atoms with Gasteiger partial charge in [0.2, 0.25) is 5.91 Å². The highest BCUT2D eigenvalue weighted by molar-refractivity contribution is 5.93. The largest absolute Gasteiger partial charge is 0.425 e. The lowest BCUT2D eigenvalue weighted by atomic mass is 10.2. The monoisotopic (exact) mass is 263 g/mol. The van der Waals surface area contributed by atoms with Crippen molar-refractivity contribution >= 4 is 11.9 Å². The fourth-order valence-corrected chi connectivity index (χ4v) is 1.54. The van der Waals surface area contributed by atoms with Gasteiger partial charge in [-0.15, -0.1) is 0 Å². The van der Waals surface area contributed by atoms with Crippen molar-refractivity contribution in [2.45, 2.75) is 25.9 Å². The summed E-state index contributed by atoms with van der Waals surface area (Å²) in [6.45, 7) is 2.25. The van der Waals surface area contributed by atoms with E-state index in [1.54, 1.807) is 25.1 Å². The zero-order valence-electron chi connectivity index (χ0n) is 10.8. The first kappa shape index (κ1) is 13.5. The van der Waals surface area contributed by atoms with Gasteiger partial charge in [0.15, 0.2) is 6.10 Å². The van der Waals surface area contributed by atoms with Crippen LogP contribution in [0.4, 0.5) is 0 Å². The van der Waals surface area contributed by atoms with Gasteiger partial charge in [-0.05, 0) is 43.9 Å². The van der Waals surface area contributed by atoms with Gasteiger partial charge in [-0.3, -0.25) is 4.79 Å². The van der Waals surface area contributed by atoms with E-state index in [2.05, 4.69) is 0 Å². The molecule has 0 aromatic heterocycles. The highest BCUT2D eigenvalue weighted by Crippen LogP contribution is 2.29. The van der Waals surface area contributed by atoms with Crippen LogP contribution in [0.3, 0.4) is 0 Å². The van der Waals surface area contributed by atoms with Crippen LogP contribution in [0.1, 0.15) is 30.1 Å². The molecule has 0 bridgehead atoms. The van der Waals surface area contributed by atoms with Crippen LogP contribution in [0.5, 0.6) is 5.75 Å². The number of primary amides is 1. The topological polar surface area (TPSA) is 78.6 Å². The minimum Gasteiger partial charge on any atom is -0.425 e. The van der Waals surface area contributed by atoms with Gasteiger partial charge in [0.05, 0.1) is 6.61 Å². The number of benzene rings is 1. The first-order chi connectivity index (χ1) is 9.06. The van der Waals surface area contributed by atoms with Crippen molar-refractivity contribution in [3.63, 3.8) is 0 Å². The van der Waals surface area contributed by atoms with E-state index in [1.807, 2.05) is 0 Å². The highest BCUT2D eigenvalue weighted by atomic mass is 16.6. The summed E-state index contributed by atoms with van der Waals surface area (Å²) >= 11 is 0. The average Bonchev–Trinajstić information content (AvgIpc) is 3.20. The molecular weight excluding hydrogens is 246 g/mol. The Morgan fingerprint density at radius 3 is 2.79 bits per heavy atom. The van der Waals surface area contributed by atoms with Crippen molar-refractivity contribution in [2.75, 3.05) is 6.61 Å². The maximum absolute atomic E-state index is 11.8. The van der Waals surface area contributed by atoms with Gasteiger partial charge >= 0.3 is 5.97 Å². The lowest BCUT2D eigenvalue weighted by Crippen LogP contribution is -2.26. The van der Waals surface area contributed by atoms with Gasteiger partial charge in [-0.2, -0.15) is 0 Å². The quantitative estimate of drug-likeness (QED) is 0.623. The molecule has 1 amide bonds. The van der Waals surface area contributed by atoms with Crippen LogP contribution in [0, 0.1) is 5.92 Å². The van der Waals surface area contributed by atoms with Crippen LogP contribution in [0.2, 0.25) is 0 Å². The van der Waals surface area contributed by atoms with E-state index in [4.69, 9.17) is 15.2 Å².